The Morgan fingerprint density at radius 1 is 1.41 bits per heavy atom. The summed E-state index contributed by atoms with van der Waals surface area (Å²) in [6.07, 6.45) is 2.54. The van der Waals surface area contributed by atoms with Gasteiger partial charge in [-0.15, -0.1) is 0 Å². The van der Waals surface area contributed by atoms with Gasteiger partial charge in [-0.1, -0.05) is 27.2 Å². The molecule has 0 aromatic carbocycles. The molecular weight excluding hydrogens is 220 g/mol. The van der Waals surface area contributed by atoms with Crippen LogP contribution < -0.4 is 0 Å². The zero-order valence-electron chi connectivity index (χ0n) is 11.0. The van der Waals surface area contributed by atoms with E-state index in [2.05, 4.69) is 20.8 Å². The first-order chi connectivity index (χ1) is 8.04. The molecule has 3 atom stereocenters. The first-order valence-electron chi connectivity index (χ1n) is 6.48. The van der Waals surface area contributed by atoms with E-state index in [0.29, 0.717) is 17.8 Å². The van der Waals surface area contributed by atoms with Gasteiger partial charge in [0.05, 0.1) is 6.61 Å². The lowest BCUT2D eigenvalue weighted by Crippen LogP contribution is -2.36. The Balaban J connectivity index is 2.48. The molecule has 0 aromatic rings. The number of carbonyl (C=O) groups excluding carboxylic acids is 1. The van der Waals surface area contributed by atoms with Gasteiger partial charge >= 0.3 is 6.16 Å². The van der Waals surface area contributed by atoms with Crippen LogP contribution in [0.2, 0.25) is 0 Å². The van der Waals surface area contributed by atoms with Gasteiger partial charge in [-0.2, -0.15) is 0 Å². The lowest BCUT2D eigenvalue weighted by molar-refractivity contribution is -0.0351. The smallest absolute Gasteiger partial charge is 0.432 e. The molecule has 0 radical (unpaired) electrons. The Morgan fingerprint density at radius 2 is 2.12 bits per heavy atom. The van der Waals surface area contributed by atoms with Gasteiger partial charge in [-0.05, 0) is 30.6 Å². The number of rotatable bonds is 4. The molecule has 1 rings (SSSR count). The van der Waals surface area contributed by atoms with E-state index in [9.17, 15) is 4.79 Å². The van der Waals surface area contributed by atoms with Crippen LogP contribution in [0, 0.1) is 17.8 Å². The average molecular weight is 244 g/mol. The fraction of sp³-hybridized carbons (Fsp3) is 0.923. The second-order valence-electron chi connectivity index (χ2n) is 5.30. The van der Waals surface area contributed by atoms with E-state index in [1.807, 2.05) is 0 Å². The van der Waals surface area contributed by atoms with E-state index < -0.39 is 6.16 Å². The summed E-state index contributed by atoms with van der Waals surface area (Å²) in [7, 11) is 0. The van der Waals surface area contributed by atoms with Crippen LogP contribution in [0.3, 0.4) is 0 Å². The van der Waals surface area contributed by atoms with Crippen molar-refractivity contribution in [1.29, 1.82) is 0 Å². The molecule has 1 aliphatic carbocycles. The zero-order chi connectivity index (χ0) is 12.8. The third-order valence-electron chi connectivity index (χ3n) is 3.52. The van der Waals surface area contributed by atoms with Gasteiger partial charge in [-0.3, -0.25) is 0 Å². The minimum Gasteiger partial charge on any atom is -0.432 e. The summed E-state index contributed by atoms with van der Waals surface area (Å²) in [5.74, 6) is 1.53. The van der Waals surface area contributed by atoms with Gasteiger partial charge < -0.3 is 14.6 Å². The van der Waals surface area contributed by atoms with Crippen LogP contribution in [-0.4, -0.2) is 30.6 Å². The third kappa shape index (κ3) is 4.54. The van der Waals surface area contributed by atoms with Crippen molar-refractivity contribution in [2.75, 3.05) is 13.2 Å². The number of ether oxygens (including phenoxy) is 2. The molecule has 4 heteroatoms. The minimum absolute atomic E-state index is 0.00739. The normalized spacial score (nSPS) is 29.1. The van der Waals surface area contributed by atoms with E-state index >= 15 is 0 Å². The second kappa shape index (κ2) is 6.84. The molecule has 4 nitrogen and oxygen atoms in total. The highest BCUT2D eigenvalue weighted by Crippen LogP contribution is 2.35. The highest BCUT2D eigenvalue weighted by Gasteiger charge is 2.33. The molecule has 0 bridgehead atoms. The van der Waals surface area contributed by atoms with Crippen molar-refractivity contribution in [3.8, 4) is 0 Å². The van der Waals surface area contributed by atoms with Crippen molar-refractivity contribution >= 4 is 6.16 Å². The van der Waals surface area contributed by atoms with E-state index in [1.165, 1.54) is 6.42 Å². The van der Waals surface area contributed by atoms with Crippen molar-refractivity contribution < 1.29 is 19.4 Å². The van der Waals surface area contributed by atoms with E-state index in [-0.39, 0.29) is 19.3 Å². The third-order valence-corrected chi connectivity index (χ3v) is 3.52. The standard InChI is InChI=1S/C13H24O4/c1-9(2)11-5-4-10(3)8-12(11)17-13(15)16-7-6-14/h9-12,14H,4-8H2,1-3H3/t10?,11-,12+/m0/s1. The van der Waals surface area contributed by atoms with E-state index in [4.69, 9.17) is 14.6 Å². The molecule has 1 fully saturated rings. The molecule has 0 saturated heterocycles. The van der Waals surface area contributed by atoms with Gasteiger partial charge in [0, 0.05) is 0 Å². The minimum atomic E-state index is -0.649. The van der Waals surface area contributed by atoms with Crippen LogP contribution in [-0.2, 0) is 9.47 Å². The summed E-state index contributed by atoms with van der Waals surface area (Å²) < 4.78 is 10.1. The van der Waals surface area contributed by atoms with E-state index in [1.54, 1.807) is 0 Å². The second-order valence-corrected chi connectivity index (χ2v) is 5.30. The predicted octanol–water partition coefficient (Wildman–Crippen LogP) is 2.59. The lowest BCUT2D eigenvalue weighted by atomic mass is 9.75. The highest BCUT2D eigenvalue weighted by atomic mass is 16.7. The maximum Gasteiger partial charge on any atom is 0.508 e. The maximum absolute atomic E-state index is 11.4. The number of carbonyl (C=O) groups is 1. The molecule has 17 heavy (non-hydrogen) atoms. The van der Waals surface area contributed by atoms with Crippen LogP contribution in [0.5, 0.6) is 0 Å². The van der Waals surface area contributed by atoms with Gasteiger partial charge in [0.25, 0.3) is 0 Å². The molecule has 1 saturated carbocycles. The SMILES string of the molecule is CC1CC[C@@H](C(C)C)[C@H](OC(=O)OCCO)C1. The topological polar surface area (TPSA) is 55.8 Å². The monoisotopic (exact) mass is 244 g/mol. The largest absolute Gasteiger partial charge is 0.508 e. The summed E-state index contributed by atoms with van der Waals surface area (Å²) >= 11 is 0. The molecule has 0 amide bonds. The van der Waals surface area contributed by atoms with Gasteiger partial charge in [0.1, 0.15) is 12.7 Å². The number of aliphatic hydroxyl groups excluding tert-OH is 1. The number of aliphatic hydroxyl groups is 1. The quantitative estimate of drug-likeness (QED) is 0.772. The molecule has 100 valence electrons. The molecular formula is C13H24O4. The molecule has 1 N–H and O–H groups in total. The molecule has 0 aliphatic heterocycles. The Morgan fingerprint density at radius 3 is 2.71 bits per heavy atom. The first-order valence-corrected chi connectivity index (χ1v) is 6.48. The fourth-order valence-corrected chi connectivity index (χ4v) is 2.54. The Kier molecular flexibility index (Phi) is 5.75. The van der Waals surface area contributed by atoms with Crippen LogP contribution in [0.4, 0.5) is 4.79 Å². The summed E-state index contributed by atoms with van der Waals surface area (Å²) in [4.78, 5) is 11.4. The molecule has 1 aliphatic rings. The van der Waals surface area contributed by atoms with Crippen molar-refractivity contribution in [2.24, 2.45) is 17.8 Å². The number of hydrogen-bond acceptors (Lipinski definition) is 4. The van der Waals surface area contributed by atoms with Crippen molar-refractivity contribution in [3.63, 3.8) is 0 Å². The summed E-state index contributed by atoms with van der Waals surface area (Å²) in [5, 5.41) is 8.57. The Labute approximate surface area is 103 Å². The van der Waals surface area contributed by atoms with Crippen LogP contribution in [0.25, 0.3) is 0 Å². The van der Waals surface area contributed by atoms with Gasteiger partial charge in [0.15, 0.2) is 0 Å². The predicted molar refractivity (Wildman–Crippen MR) is 64.6 cm³/mol. The fourth-order valence-electron chi connectivity index (χ4n) is 2.54. The highest BCUT2D eigenvalue weighted by molar-refractivity contribution is 5.60. The lowest BCUT2D eigenvalue weighted by Gasteiger charge is -2.36. The Hall–Kier alpha value is -0.770. The first kappa shape index (κ1) is 14.3. The molecule has 0 spiro atoms. The van der Waals surface area contributed by atoms with Gasteiger partial charge in [0.2, 0.25) is 0 Å². The maximum atomic E-state index is 11.4. The zero-order valence-corrected chi connectivity index (χ0v) is 11.0. The van der Waals surface area contributed by atoms with Crippen molar-refractivity contribution in [2.45, 2.75) is 46.1 Å². The molecule has 1 unspecified atom stereocenters. The summed E-state index contributed by atoms with van der Waals surface area (Å²) in [6.45, 7) is 6.36. The number of hydrogen-bond donors (Lipinski definition) is 1. The molecule has 0 heterocycles. The Bertz CT molecular complexity index is 240. The molecule has 0 aromatic heterocycles. The van der Waals surface area contributed by atoms with Crippen molar-refractivity contribution in [3.05, 3.63) is 0 Å². The van der Waals surface area contributed by atoms with Gasteiger partial charge in [-0.25, -0.2) is 4.79 Å². The van der Waals surface area contributed by atoms with Crippen LogP contribution in [0.15, 0.2) is 0 Å². The van der Waals surface area contributed by atoms with E-state index in [0.717, 1.165) is 12.8 Å². The van der Waals surface area contributed by atoms with Crippen molar-refractivity contribution in [1.82, 2.24) is 0 Å². The van der Waals surface area contributed by atoms with Crippen LogP contribution in [0.1, 0.15) is 40.0 Å². The van der Waals surface area contributed by atoms with Crippen LogP contribution >= 0.6 is 0 Å². The summed E-state index contributed by atoms with van der Waals surface area (Å²) in [5.41, 5.74) is 0. The average Bonchev–Trinajstić information content (AvgIpc) is 2.26. The summed E-state index contributed by atoms with van der Waals surface area (Å²) in [6, 6.07) is 0.